The van der Waals surface area contributed by atoms with Crippen LogP contribution in [0.25, 0.3) is 0 Å². The summed E-state index contributed by atoms with van der Waals surface area (Å²) in [5.74, 6) is 0. The minimum atomic E-state index is -3.60. The summed E-state index contributed by atoms with van der Waals surface area (Å²) in [5, 5.41) is 3.69. The van der Waals surface area contributed by atoms with Gasteiger partial charge in [-0.2, -0.15) is 4.31 Å². The molecule has 1 heterocycles. The Bertz CT molecular complexity index is 542. The molecule has 0 radical (unpaired) electrons. The molecule has 0 bridgehead atoms. The summed E-state index contributed by atoms with van der Waals surface area (Å²) < 4.78 is 26.3. The van der Waals surface area contributed by atoms with Gasteiger partial charge in [0.1, 0.15) is 4.90 Å². The van der Waals surface area contributed by atoms with E-state index in [4.69, 9.17) is 23.2 Å². The van der Waals surface area contributed by atoms with Crippen LogP contribution in [-0.2, 0) is 10.0 Å². The van der Waals surface area contributed by atoms with Gasteiger partial charge in [-0.05, 0) is 31.2 Å². The third-order valence-electron chi connectivity index (χ3n) is 3.10. The monoisotopic (exact) mass is 308 g/mol. The van der Waals surface area contributed by atoms with E-state index in [1.54, 1.807) is 13.1 Å². The van der Waals surface area contributed by atoms with E-state index >= 15 is 0 Å². The van der Waals surface area contributed by atoms with E-state index in [0.29, 0.717) is 11.6 Å². The van der Waals surface area contributed by atoms with Gasteiger partial charge in [-0.3, -0.25) is 0 Å². The molecule has 1 unspecified atom stereocenters. The molecule has 1 aliphatic heterocycles. The highest BCUT2D eigenvalue weighted by Gasteiger charge is 2.31. The summed E-state index contributed by atoms with van der Waals surface area (Å²) in [6.45, 7) is 1.49. The second-order valence-corrected chi connectivity index (χ2v) is 7.05. The number of sulfonamides is 1. The predicted octanol–water partition coefficient (Wildman–Crippen LogP) is 1.98. The quantitative estimate of drug-likeness (QED) is 0.929. The summed E-state index contributed by atoms with van der Waals surface area (Å²) >= 11 is 11.8. The molecule has 0 amide bonds. The maximum atomic E-state index is 12.4. The third kappa shape index (κ3) is 2.65. The highest BCUT2D eigenvalue weighted by molar-refractivity contribution is 7.89. The molecule has 1 aromatic rings. The Hall–Kier alpha value is -0.330. The van der Waals surface area contributed by atoms with Crippen molar-refractivity contribution in [3.05, 3.63) is 28.2 Å². The number of nitrogens with one attached hydrogen (secondary N) is 1. The maximum Gasteiger partial charge on any atom is 0.244 e. The molecule has 1 aliphatic rings. The van der Waals surface area contributed by atoms with Crippen LogP contribution in [0.2, 0.25) is 10.0 Å². The second kappa shape index (κ2) is 5.35. The fraction of sp³-hybridized carbons (Fsp3) is 0.455. The average Bonchev–Trinajstić information content (AvgIpc) is 2.84. The van der Waals surface area contributed by atoms with Gasteiger partial charge >= 0.3 is 0 Å². The van der Waals surface area contributed by atoms with Crippen molar-refractivity contribution in [3.63, 3.8) is 0 Å². The molecule has 18 heavy (non-hydrogen) atoms. The lowest BCUT2D eigenvalue weighted by Gasteiger charge is -2.23. The van der Waals surface area contributed by atoms with Crippen molar-refractivity contribution in [2.24, 2.45) is 0 Å². The van der Waals surface area contributed by atoms with Crippen LogP contribution >= 0.6 is 23.2 Å². The van der Waals surface area contributed by atoms with Gasteiger partial charge in [0, 0.05) is 24.7 Å². The second-order valence-electron chi connectivity index (χ2n) is 4.24. The fourth-order valence-electron chi connectivity index (χ4n) is 1.98. The highest BCUT2D eigenvalue weighted by atomic mass is 35.5. The van der Waals surface area contributed by atoms with Crippen LogP contribution in [0.3, 0.4) is 0 Å². The zero-order valence-corrected chi connectivity index (χ0v) is 12.2. The van der Waals surface area contributed by atoms with Crippen LogP contribution in [0.15, 0.2) is 23.1 Å². The van der Waals surface area contributed by atoms with Crippen LogP contribution in [-0.4, -0.2) is 38.9 Å². The first-order chi connectivity index (χ1) is 8.43. The Labute approximate surface area is 117 Å². The van der Waals surface area contributed by atoms with E-state index in [1.807, 2.05) is 0 Å². The molecule has 1 N–H and O–H groups in total. The molecule has 1 atom stereocenters. The van der Waals surface area contributed by atoms with Crippen LogP contribution in [0, 0.1) is 0 Å². The normalized spacial score (nSPS) is 20.6. The van der Waals surface area contributed by atoms with Gasteiger partial charge < -0.3 is 5.32 Å². The Kier molecular flexibility index (Phi) is 4.18. The predicted molar refractivity (Wildman–Crippen MR) is 72.7 cm³/mol. The smallest absolute Gasteiger partial charge is 0.244 e. The molecular weight excluding hydrogens is 295 g/mol. The van der Waals surface area contributed by atoms with Gasteiger partial charge in [0.2, 0.25) is 10.0 Å². The first-order valence-corrected chi connectivity index (χ1v) is 7.76. The van der Waals surface area contributed by atoms with E-state index < -0.39 is 10.0 Å². The van der Waals surface area contributed by atoms with Gasteiger partial charge in [0.15, 0.2) is 0 Å². The zero-order valence-electron chi connectivity index (χ0n) is 9.86. The molecule has 100 valence electrons. The number of benzene rings is 1. The largest absolute Gasteiger partial charge is 0.315 e. The number of nitrogens with zero attached hydrogens (tertiary/aromatic N) is 1. The van der Waals surface area contributed by atoms with Crippen LogP contribution in [0.5, 0.6) is 0 Å². The van der Waals surface area contributed by atoms with Gasteiger partial charge in [-0.1, -0.05) is 23.2 Å². The lowest BCUT2D eigenvalue weighted by Crippen LogP contribution is -2.38. The summed E-state index contributed by atoms with van der Waals surface area (Å²) in [4.78, 5) is 0.0612. The zero-order chi connectivity index (χ0) is 13.3. The first kappa shape index (κ1) is 14.1. The van der Waals surface area contributed by atoms with Crippen molar-refractivity contribution in [1.82, 2.24) is 9.62 Å². The molecule has 0 spiro atoms. The van der Waals surface area contributed by atoms with Crippen LogP contribution < -0.4 is 5.32 Å². The van der Waals surface area contributed by atoms with Crippen LogP contribution in [0.1, 0.15) is 6.42 Å². The molecule has 0 saturated carbocycles. The third-order valence-corrected chi connectivity index (χ3v) is 5.73. The molecule has 0 aromatic heterocycles. The molecule has 1 aromatic carbocycles. The Morgan fingerprint density at radius 2 is 2.11 bits per heavy atom. The molecule has 0 aliphatic carbocycles. The fourth-order valence-corrected chi connectivity index (χ4v) is 4.10. The van der Waals surface area contributed by atoms with E-state index in [1.165, 1.54) is 16.4 Å². The lowest BCUT2D eigenvalue weighted by atomic mass is 10.3. The van der Waals surface area contributed by atoms with E-state index in [9.17, 15) is 8.42 Å². The van der Waals surface area contributed by atoms with Crippen molar-refractivity contribution in [3.8, 4) is 0 Å². The molecular formula is C11H14Cl2N2O2S. The van der Waals surface area contributed by atoms with E-state index in [2.05, 4.69) is 5.32 Å². The van der Waals surface area contributed by atoms with Gasteiger partial charge in [0.05, 0.1) is 5.02 Å². The number of likely N-dealkylation sites (N-methyl/N-ethyl adjacent to an activating group) is 1. The van der Waals surface area contributed by atoms with Crippen molar-refractivity contribution in [1.29, 1.82) is 0 Å². The molecule has 2 rings (SSSR count). The lowest BCUT2D eigenvalue weighted by molar-refractivity contribution is 0.388. The standard InChI is InChI=1S/C11H14Cl2N2O2S/c1-15(9-4-5-14-7-9)18(16,17)11-6-8(12)2-3-10(11)13/h2-3,6,9,14H,4-5,7H2,1H3. The minimum absolute atomic E-state index is 0.0370. The van der Waals surface area contributed by atoms with Gasteiger partial charge in [-0.25, -0.2) is 8.42 Å². The average molecular weight is 309 g/mol. The Morgan fingerprint density at radius 3 is 2.72 bits per heavy atom. The molecule has 1 saturated heterocycles. The Morgan fingerprint density at radius 1 is 1.39 bits per heavy atom. The summed E-state index contributed by atoms with van der Waals surface area (Å²) in [6.07, 6.45) is 0.800. The topological polar surface area (TPSA) is 49.4 Å². The van der Waals surface area contributed by atoms with Gasteiger partial charge in [0.25, 0.3) is 0 Å². The number of hydrogen-bond donors (Lipinski definition) is 1. The molecule has 1 fully saturated rings. The summed E-state index contributed by atoms with van der Waals surface area (Å²) in [7, 11) is -2.02. The SMILES string of the molecule is CN(C1CCNC1)S(=O)(=O)c1cc(Cl)ccc1Cl. The van der Waals surface area contributed by atoms with E-state index in [0.717, 1.165) is 13.0 Å². The van der Waals surface area contributed by atoms with Crippen molar-refractivity contribution >= 4 is 33.2 Å². The maximum absolute atomic E-state index is 12.4. The number of hydrogen-bond acceptors (Lipinski definition) is 3. The summed E-state index contributed by atoms with van der Waals surface area (Å²) in [6, 6.07) is 4.42. The number of rotatable bonds is 3. The van der Waals surface area contributed by atoms with Crippen LogP contribution in [0.4, 0.5) is 0 Å². The van der Waals surface area contributed by atoms with Gasteiger partial charge in [-0.15, -0.1) is 0 Å². The molecule has 4 nitrogen and oxygen atoms in total. The highest BCUT2D eigenvalue weighted by Crippen LogP contribution is 2.28. The van der Waals surface area contributed by atoms with E-state index in [-0.39, 0.29) is 16.0 Å². The van der Waals surface area contributed by atoms with Crippen molar-refractivity contribution in [2.45, 2.75) is 17.4 Å². The molecule has 7 heteroatoms. The number of halogens is 2. The minimum Gasteiger partial charge on any atom is -0.315 e. The van der Waals surface area contributed by atoms with Crippen molar-refractivity contribution < 1.29 is 8.42 Å². The first-order valence-electron chi connectivity index (χ1n) is 5.57. The Balaban J connectivity index is 2.37. The van der Waals surface area contributed by atoms with Crippen molar-refractivity contribution in [2.75, 3.05) is 20.1 Å². The summed E-state index contributed by atoms with van der Waals surface area (Å²) in [5.41, 5.74) is 0.